The van der Waals surface area contributed by atoms with E-state index in [1.54, 1.807) is 14.0 Å². The van der Waals surface area contributed by atoms with Crippen molar-refractivity contribution in [1.29, 1.82) is 0 Å². The van der Waals surface area contributed by atoms with Crippen molar-refractivity contribution in [2.45, 2.75) is 37.6 Å². The number of nitrogens with zero attached hydrogens (tertiary/aromatic N) is 1. The second kappa shape index (κ2) is 7.27. The van der Waals surface area contributed by atoms with Crippen LogP contribution in [0.25, 0.3) is 0 Å². The highest BCUT2D eigenvalue weighted by molar-refractivity contribution is 5.86. The molecule has 0 spiro atoms. The first-order valence-electron chi connectivity index (χ1n) is 9.09. The highest BCUT2D eigenvalue weighted by atomic mass is 16.5. The molecule has 142 valence electrons. The van der Waals surface area contributed by atoms with Crippen LogP contribution in [0.5, 0.6) is 5.75 Å². The molecule has 1 saturated heterocycles. The van der Waals surface area contributed by atoms with Gasteiger partial charge in [0.15, 0.2) is 0 Å². The van der Waals surface area contributed by atoms with Gasteiger partial charge in [-0.3, -0.25) is 9.59 Å². The molecule has 0 saturated carbocycles. The molecule has 26 heavy (non-hydrogen) atoms. The maximum absolute atomic E-state index is 13.1. The van der Waals surface area contributed by atoms with Gasteiger partial charge in [-0.2, -0.15) is 0 Å². The van der Waals surface area contributed by atoms with Crippen LogP contribution in [0.2, 0.25) is 0 Å². The van der Waals surface area contributed by atoms with E-state index >= 15 is 0 Å². The molecular formula is C20H27NO5. The van der Waals surface area contributed by atoms with E-state index in [9.17, 15) is 9.59 Å². The number of ether oxygens (including phenoxy) is 3. The third-order valence-corrected chi connectivity index (χ3v) is 5.99. The smallest absolute Gasteiger partial charge is 0.316 e. The largest absolute Gasteiger partial charge is 0.497 e. The number of piperidine rings is 1. The molecule has 0 aromatic heterocycles. The molecule has 1 heterocycles. The molecule has 2 bridgehead atoms. The molecule has 1 aromatic carbocycles. The molecule has 3 rings (SSSR count). The first kappa shape index (κ1) is 18.7. The van der Waals surface area contributed by atoms with Crippen molar-refractivity contribution in [3.8, 4) is 5.75 Å². The van der Waals surface area contributed by atoms with E-state index in [0.717, 1.165) is 24.1 Å². The van der Waals surface area contributed by atoms with Crippen molar-refractivity contribution in [3.05, 3.63) is 29.3 Å². The number of fused-ring (bicyclic) bond motifs is 4. The molecule has 0 N–H and O–H groups in total. The molecule has 0 radical (unpaired) electrons. The first-order chi connectivity index (χ1) is 12.5. The Bertz CT molecular complexity index is 703. The van der Waals surface area contributed by atoms with Crippen LogP contribution >= 0.6 is 0 Å². The van der Waals surface area contributed by atoms with Gasteiger partial charge in [0.05, 0.1) is 32.7 Å². The average Bonchev–Trinajstić information content (AvgIpc) is 2.64. The fourth-order valence-corrected chi connectivity index (χ4v) is 4.73. The summed E-state index contributed by atoms with van der Waals surface area (Å²) in [5.41, 5.74) is 1.20. The van der Waals surface area contributed by atoms with Gasteiger partial charge in [-0.05, 0) is 56.6 Å². The Morgan fingerprint density at radius 3 is 2.73 bits per heavy atom. The summed E-state index contributed by atoms with van der Waals surface area (Å²) in [5, 5.41) is 0. The lowest BCUT2D eigenvalue weighted by atomic mass is 9.56. The van der Waals surface area contributed by atoms with Gasteiger partial charge in [0.2, 0.25) is 0 Å². The van der Waals surface area contributed by atoms with E-state index < -0.39 is 5.41 Å². The zero-order chi connectivity index (χ0) is 18.9. The summed E-state index contributed by atoms with van der Waals surface area (Å²) in [5.74, 6) is -0.0248. The minimum Gasteiger partial charge on any atom is -0.497 e. The lowest BCUT2D eigenvalue weighted by Crippen LogP contribution is -2.62. The molecule has 3 unspecified atom stereocenters. The van der Waals surface area contributed by atoms with Gasteiger partial charge in [0.1, 0.15) is 5.75 Å². The molecular weight excluding hydrogens is 334 g/mol. The third kappa shape index (κ3) is 2.86. The number of hydrogen-bond acceptors (Lipinski definition) is 6. The molecule has 1 aliphatic carbocycles. The number of likely N-dealkylation sites (N-methyl/N-ethyl adjacent to an activating group) is 1. The minimum absolute atomic E-state index is 0.0909. The highest BCUT2D eigenvalue weighted by Gasteiger charge is 2.58. The Labute approximate surface area is 154 Å². The van der Waals surface area contributed by atoms with Crippen molar-refractivity contribution in [2.24, 2.45) is 5.92 Å². The van der Waals surface area contributed by atoms with Crippen molar-refractivity contribution in [2.75, 3.05) is 34.4 Å². The van der Waals surface area contributed by atoms with Crippen molar-refractivity contribution in [3.63, 3.8) is 0 Å². The van der Waals surface area contributed by atoms with Crippen LogP contribution in [-0.2, 0) is 30.9 Å². The molecule has 1 aliphatic heterocycles. The normalized spacial score (nSPS) is 27.4. The molecule has 0 amide bonds. The molecule has 1 fully saturated rings. The van der Waals surface area contributed by atoms with E-state index in [4.69, 9.17) is 14.2 Å². The number of likely N-dealkylation sites (tertiary alicyclic amines) is 1. The SMILES string of the molecule is CCOC(=O)CC1C2Cc3ccc(OC)cc3C1(C(=O)OC)CCN2C. The van der Waals surface area contributed by atoms with E-state index in [1.807, 2.05) is 18.2 Å². The van der Waals surface area contributed by atoms with E-state index in [1.165, 1.54) is 7.11 Å². The number of methoxy groups -OCH3 is 2. The van der Waals surface area contributed by atoms with Gasteiger partial charge < -0.3 is 19.1 Å². The van der Waals surface area contributed by atoms with E-state index in [2.05, 4.69) is 11.9 Å². The zero-order valence-corrected chi connectivity index (χ0v) is 15.9. The van der Waals surface area contributed by atoms with E-state index in [0.29, 0.717) is 18.8 Å². The summed E-state index contributed by atoms with van der Waals surface area (Å²) in [6.07, 6.45) is 1.60. The van der Waals surface area contributed by atoms with Crippen LogP contribution in [0, 0.1) is 5.92 Å². The number of hydrogen-bond donors (Lipinski definition) is 0. The average molecular weight is 361 g/mol. The Hall–Kier alpha value is -2.08. The van der Waals surface area contributed by atoms with Crippen LogP contribution in [0.3, 0.4) is 0 Å². The van der Waals surface area contributed by atoms with Gasteiger partial charge in [-0.25, -0.2) is 0 Å². The summed E-state index contributed by atoms with van der Waals surface area (Å²) in [7, 11) is 5.09. The van der Waals surface area contributed by atoms with Crippen LogP contribution in [0.15, 0.2) is 18.2 Å². The molecule has 2 aliphatic rings. The Morgan fingerprint density at radius 2 is 2.08 bits per heavy atom. The van der Waals surface area contributed by atoms with Gasteiger partial charge in [0, 0.05) is 12.0 Å². The van der Waals surface area contributed by atoms with Gasteiger partial charge in [-0.1, -0.05) is 6.07 Å². The first-order valence-corrected chi connectivity index (χ1v) is 9.09. The second-order valence-electron chi connectivity index (χ2n) is 7.10. The van der Waals surface area contributed by atoms with Crippen LogP contribution in [0.1, 0.15) is 30.9 Å². The summed E-state index contributed by atoms with van der Waals surface area (Å²) in [6, 6.07) is 5.98. The maximum atomic E-state index is 13.1. The second-order valence-corrected chi connectivity index (χ2v) is 7.10. The third-order valence-electron chi connectivity index (χ3n) is 5.99. The predicted octanol–water partition coefficient (Wildman–Crippen LogP) is 1.94. The van der Waals surface area contributed by atoms with Gasteiger partial charge in [-0.15, -0.1) is 0 Å². The van der Waals surface area contributed by atoms with Gasteiger partial charge in [0.25, 0.3) is 0 Å². The standard InChI is InChI=1S/C20H27NO5/c1-5-26-18(22)12-16-17-10-13-6-7-14(24-3)11-15(13)20(16,19(23)25-4)8-9-21(17)2/h6-7,11,16-17H,5,8-10,12H2,1-4H3. The Morgan fingerprint density at radius 1 is 1.31 bits per heavy atom. The van der Waals surface area contributed by atoms with Crippen LogP contribution in [-0.4, -0.2) is 57.3 Å². The Balaban J connectivity index is 2.15. The highest BCUT2D eigenvalue weighted by Crippen LogP contribution is 2.51. The van der Waals surface area contributed by atoms with Crippen LogP contribution in [0.4, 0.5) is 0 Å². The van der Waals surface area contributed by atoms with Gasteiger partial charge >= 0.3 is 11.9 Å². The topological polar surface area (TPSA) is 65.1 Å². The molecule has 6 heteroatoms. The quantitative estimate of drug-likeness (QED) is 0.747. The number of carbonyl (C=O) groups excluding carboxylic acids is 2. The number of rotatable bonds is 5. The summed E-state index contributed by atoms with van der Waals surface area (Å²) < 4.78 is 15.9. The number of carbonyl (C=O) groups is 2. The summed E-state index contributed by atoms with van der Waals surface area (Å²) in [4.78, 5) is 27.7. The van der Waals surface area contributed by atoms with Crippen molar-refractivity contribution >= 4 is 11.9 Å². The molecule has 1 aromatic rings. The lowest BCUT2D eigenvalue weighted by molar-refractivity contribution is -0.159. The lowest BCUT2D eigenvalue weighted by Gasteiger charge is -2.54. The zero-order valence-electron chi connectivity index (χ0n) is 15.9. The molecule has 6 nitrogen and oxygen atoms in total. The van der Waals surface area contributed by atoms with Crippen molar-refractivity contribution in [1.82, 2.24) is 4.90 Å². The monoisotopic (exact) mass is 361 g/mol. The minimum atomic E-state index is -0.846. The Kier molecular flexibility index (Phi) is 5.23. The van der Waals surface area contributed by atoms with E-state index in [-0.39, 0.29) is 30.3 Å². The predicted molar refractivity (Wildman–Crippen MR) is 96.2 cm³/mol. The number of benzene rings is 1. The number of esters is 2. The molecule has 3 atom stereocenters. The van der Waals surface area contributed by atoms with Crippen LogP contribution < -0.4 is 4.74 Å². The fraction of sp³-hybridized carbons (Fsp3) is 0.600. The summed E-state index contributed by atoms with van der Waals surface area (Å²) >= 11 is 0. The van der Waals surface area contributed by atoms with Crippen molar-refractivity contribution < 1.29 is 23.8 Å². The summed E-state index contributed by atoms with van der Waals surface area (Å²) in [6.45, 7) is 2.90. The maximum Gasteiger partial charge on any atom is 0.316 e. The fourth-order valence-electron chi connectivity index (χ4n) is 4.73.